The van der Waals surface area contributed by atoms with Crippen molar-refractivity contribution in [3.05, 3.63) is 35.9 Å². The SMILES string of the molecule is CC(CNC(c1ccccc1)C1CC1)C(C)(C)C. The molecule has 1 N–H and O–H groups in total. The molecule has 1 nitrogen and oxygen atoms in total. The molecule has 0 aromatic heterocycles. The summed E-state index contributed by atoms with van der Waals surface area (Å²) in [5.74, 6) is 1.56. The van der Waals surface area contributed by atoms with Crippen LogP contribution in [0.5, 0.6) is 0 Å². The van der Waals surface area contributed by atoms with Crippen LogP contribution in [-0.2, 0) is 0 Å². The molecule has 100 valence electrons. The van der Waals surface area contributed by atoms with E-state index in [1.54, 1.807) is 0 Å². The van der Waals surface area contributed by atoms with Crippen molar-refractivity contribution >= 4 is 0 Å². The molecule has 18 heavy (non-hydrogen) atoms. The van der Waals surface area contributed by atoms with Gasteiger partial charge in [0.1, 0.15) is 0 Å². The normalized spacial score (nSPS) is 19.6. The lowest BCUT2D eigenvalue weighted by molar-refractivity contribution is 0.242. The zero-order valence-electron chi connectivity index (χ0n) is 12.2. The Hall–Kier alpha value is -0.820. The van der Waals surface area contributed by atoms with Gasteiger partial charge < -0.3 is 5.32 Å². The first-order valence-electron chi connectivity index (χ1n) is 7.27. The molecule has 0 amide bonds. The molecule has 1 aliphatic carbocycles. The Morgan fingerprint density at radius 2 is 1.78 bits per heavy atom. The van der Waals surface area contributed by atoms with E-state index in [0.717, 1.165) is 12.5 Å². The Bertz CT molecular complexity index is 359. The molecule has 2 rings (SSSR count). The molecule has 1 fully saturated rings. The van der Waals surface area contributed by atoms with E-state index in [1.807, 2.05) is 0 Å². The van der Waals surface area contributed by atoms with E-state index in [9.17, 15) is 0 Å². The number of nitrogens with one attached hydrogen (secondary N) is 1. The van der Waals surface area contributed by atoms with E-state index in [0.29, 0.717) is 17.4 Å². The molecule has 2 atom stereocenters. The summed E-state index contributed by atoms with van der Waals surface area (Å²) < 4.78 is 0. The first kappa shape index (κ1) is 13.6. The first-order chi connectivity index (χ1) is 8.48. The fourth-order valence-corrected chi connectivity index (χ4v) is 2.26. The zero-order chi connectivity index (χ0) is 13.2. The minimum atomic E-state index is 0.387. The number of hydrogen-bond donors (Lipinski definition) is 1. The van der Waals surface area contributed by atoms with Gasteiger partial charge in [-0.2, -0.15) is 0 Å². The molecular formula is C17H27N. The summed E-state index contributed by atoms with van der Waals surface area (Å²) in [6.07, 6.45) is 2.77. The Morgan fingerprint density at radius 3 is 2.28 bits per heavy atom. The fourth-order valence-electron chi connectivity index (χ4n) is 2.26. The van der Waals surface area contributed by atoms with Crippen molar-refractivity contribution in [1.82, 2.24) is 5.32 Å². The van der Waals surface area contributed by atoms with Crippen molar-refractivity contribution in [2.24, 2.45) is 17.3 Å². The van der Waals surface area contributed by atoms with Gasteiger partial charge in [0, 0.05) is 6.04 Å². The topological polar surface area (TPSA) is 12.0 Å². The summed E-state index contributed by atoms with van der Waals surface area (Å²) in [5.41, 5.74) is 1.85. The molecule has 1 aromatic rings. The second-order valence-corrected chi connectivity index (χ2v) is 6.90. The second-order valence-electron chi connectivity index (χ2n) is 6.90. The average Bonchev–Trinajstić information content (AvgIpc) is 3.13. The van der Waals surface area contributed by atoms with E-state index in [1.165, 1.54) is 18.4 Å². The molecule has 0 spiro atoms. The van der Waals surface area contributed by atoms with E-state index in [-0.39, 0.29) is 0 Å². The first-order valence-corrected chi connectivity index (χ1v) is 7.27. The van der Waals surface area contributed by atoms with Gasteiger partial charge in [0.2, 0.25) is 0 Å². The third-order valence-corrected chi connectivity index (χ3v) is 4.37. The molecule has 0 heterocycles. The molecule has 0 saturated heterocycles. The van der Waals surface area contributed by atoms with Crippen LogP contribution in [0.2, 0.25) is 0 Å². The lowest BCUT2D eigenvalue weighted by Gasteiger charge is -2.30. The predicted molar refractivity (Wildman–Crippen MR) is 78.5 cm³/mol. The number of rotatable bonds is 5. The highest BCUT2D eigenvalue weighted by Crippen LogP contribution is 2.41. The highest BCUT2D eigenvalue weighted by atomic mass is 14.9. The molecule has 0 radical (unpaired) electrons. The minimum Gasteiger partial charge on any atom is -0.309 e. The Morgan fingerprint density at radius 1 is 1.17 bits per heavy atom. The molecule has 0 aliphatic heterocycles. The highest BCUT2D eigenvalue weighted by molar-refractivity contribution is 5.21. The predicted octanol–water partition coefficient (Wildman–Crippen LogP) is 4.41. The van der Waals surface area contributed by atoms with Gasteiger partial charge >= 0.3 is 0 Å². The quantitative estimate of drug-likeness (QED) is 0.810. The van der Waals surface area contributed by atoms with Crippen LogP contribution in [0, 0.1) is 17.3 Å². The summed E-state index contributed by atoms with van der Waals surface area (Å²) in [4.78, 5) is 0. The summed E-state index contributed by atoms with van der Waals surface area (Å²) in [6, 6.07) is 11.5. The summed E-state index contributed by atoms with van der Waals surface area (Å²) >= 11 is 0. The standard InChI is InChI=1S/C17H27N/c1-13(17(2,3)4)12-18-16(15-10-11-15)14-8-6-5-7-9-14/h5-9,13,15-16,18H,10-12H2,1-4H3. The third kappa shape index (κ3) is 3.58. The van der Waals surface area contributed by atoms with Crippen molar-refractivity contribution in [3.63, 3.8) is 0 Å². The van der Waals surface area contributed by atoms with Crippen molar-refractivity contribution in [2.75, 3.05) is 6.54 Å². The van der Waals surface area contributed by atoms with Crippen molar-refractivity contribution < 1.29 is 0 Å². The van der Waals surface area contributed by atoms with Crippen LogP contribution in [0.3, 0.4) is 0 Å². The number of benzene rings is 1. The van der Waals surface area contributed by atoms with Crippen LogP contribution >= 0.6 is 0 Å². The van der Waals surface area contributed by atoms with Gasteiger partial charge in [0.25, 0.3) is 0 Å². The molecular weight excluding hydrogens is 218 g/mol. The van der Waals surface area contributed by atoms with E-state index in [4.69, 9.17) is 0 Å². The number of hydrogen-bond acceptors (Lipinski definition) is 1. The minimum absolute atomic E-state index is 0.387. The molecule has 2 unspecified atom stereocenters. The maximum atomic E-state index is 3.80. The van der Waals surface area contributed by atoms with E-state index >= 15 is 0 Å². The van der Waals surface area contributed by atoms with E-state index < -0.39 is 0 Å². The molecule has 1 aromatic carbocycles. The monoisotopic (exact) mass is 245 g/mol. The van der Waals surface area contributed by atoms with Gasteiger partial charge in [0.15, 0.2) is 0 Å². The highest BCUT2D eigenvalue weighted by Gasteiger charge is 2.32. The van der Waals surface area contributed by atoms with Crippen molar-refractivity contribution in [1.29, 1.82) is 0 Å². The van der Waals surface area contributed by atoms with Gasteiger partial charge in [-0.3, -0.25) is 0 Å². The van der Waals surface area contributed by atoms with Gasteiger partial charge in [0.05, 0.1) is 0 Å². The van der Waals surface area contributed by atoms with Crippen LogP contribution < -0.4 is 5.32 Å². The third-order valence-electron chi connectivity index (χ3n) is 4.37. The zero-order valence-corrected chi connectivity index (χ0v) is 12.2. The Labute approximate surface area is 112 Å². The van der Waals surface area contributed by atoms with Gasteiger partial charge in [-0.25, -0.2) is 0 Å². The van der Waals surface area contributed by atoms with Crippen molar-refractivity contribution in [2.45, 2.75) is 46.6 Å². The van der Waals surface area contributed by atoms with Crippen LogP contribution in [0.25, 0.3) is 0 Å². The van der Waals surface area contributed by atoms with Crippen LogP contribution in [0.4, 0.5) is 0 Å². The molecule has 0 bridgehead atoms. The second kappa shape index (κ2) is 5.44. The largest absolute Gasteiger partial charge is 0.309 e. The maximum absolute atomic E-state index is 3.80. The van der Waals surface area contributed by atoms with Gasteiger partial charge in [-0.05, 0) is 42.2 Å². The van der Waals surface area contributed by atoms with Crippen LogP contribution in [0.15, 0.2) is 30.3 Å². The lowest BCUT2D eigenvalue weighted by Crippen LogP contribution is -2.33. The Kier molecular flexibility index (Phi) is 4.11. The molecule has 1 saturated carbocycles. The molecule has 1 heteroatoms. The van der Waals surface area contributed by atoms with Crippen LogP contribution in [0.1, 0.15) is 52.1 Å². The molecule has 1 aliphatic rings. The van der Waals surface area contributed by atoms with Crippen molar-refractivity contribution in [3.8, 4) is 0 Å². The lowest BCUT2D eigenvalue weighted by atomic mass is 9.82. The van der Waals surface area contributed by atoms with Gasteiger partial charge in [-0.15, -0.1) is 0 Å². The summed E-state index contributed by atoms with van der Waals surface area (Å²) in [5, 5.41) is 3.80. The van der Waals surface area contributed by atoms with Crippen LogP contribution in [-0.4, -0.2) is 6.54 Å². The Balaban J connectivity index is 1.96. The smallest absolute Gasteiger partial charge is 0.0348 e. The fraction of sp³-hybridized carbons (Fsp3) is 0.647. The maximum Gasteiger partial charge on any atom is 0.0348 e. The van der Waals surface area contributed by atoms with Gasteiger partial charge in [-0.1, -0.05) is 58.0 Å². The summed E-state index contributed by atoms with van der Waals surface area (Å²) in [7, 11) is 0. The van der Waals surface area contributed by atoms with E-state index in [2.05, 4.69) is 63.3 Å². The average molecular weight is 245 g/mol. The summed E-state index contributed by atoms with van der Waals surface area (Å²) in [6.45, 7) is 10.4.